The van der Waals surface area contributed by atoms with Crippen molar-refractivity contribution in [2.24, 2.45) is 11.8 Å². The lowest BCUT2D eigenvalue weighted by atomic mass is 9.92. The van der Waals surface area contributed by atoms with Crippen LogP contribution in [0.2, 0.25) is 0 Å². The summed E-state index contributed by atoms with van der Waals surface area (Å²) < 4.78 is 0. The Morgan fingerprint density at radius 1 is 1.17 bits per heavy atom. The van der Waals surface area contributed by atoms with Gasteiger partial charge in [0.25, 0.3) is 0 Å². The molecule has 0 aromatic heterocycles. The summed E-state index contributed by atoms with van der Waals surface area (Å²) in [4.78, 5) is 22.9. The van der Waals surface area contributed by atoms with Gasteiger partial charge in [0, 0.05) is 18.0 Å². The predicted octanol–water partition coefficient (Wildman–Crippen LogP) is 0.744. The Balaban J connectivity index is 1.79. The second-order valence-corrected chi connectivity index (χ2v) is 5.63. The molecule has 1 aliphatic carbocycles. The lowest BCUT2D eigenvalue weighted by molar-refractivity contribution is -0.141. The summed E-state index contributed by atoms with van der Waals surface area (Å²) in [5.41, 5.74) is 0. The summed E-state index contributed by atoms with van der Waals surface area (Å²) in [6.07, 6.45) is 3.82. The smallest absolute Gasteiger partial charge is 0.306 e. The molecule has 102 valence electrons. The fourth-order valence-corrected chi connectivity index (χ4v) is 3.03. The molecule has 0 radical (unpaired) electrons. The lowest BCUT2D eigenvalue weighted by Crippen LogP contribution is -2.44. The van der Waals surface area contributed by atoms with Gasteiger partial charge in [-0.1, -0.05) is 0 Å². The zero-order chi connectivity index (χ0) is 13.1. The van der Waals surface area contributed by atoms with E-state index in [0.717, 1.165) is 25.8 Å². The average Bonchev–Trinajstić information content (AvgIpc) is 2.77. The van der Waals surface area contributed by atoms with E-state index in [1.54, 1.807) is 0 Å². The third-order valence-corrected chi connectivity index (χ3v) is 4.12. The van der Waals surface area contributed by atoms with Crippen LogP contribution in [0.25, 0.3) is 0 Å². The van der Waals surface area contributed by atoms with Crippen LogP contribution in [0.4, 0.5) is 0 Å². The first kappa shape index (κ1) is 13.3. The lowest BCUT2D eigenvalue weighted by Gasteiger charge is -2.28. The number of carboxylic acids is 1. The van der Waals surface area contributed by atoms with Crippen molar-refractivity contribution < 1.29 is 14.7 Å². The van der Waals surface area contributed by atoms with Crippen LogP contribution in [-0.2, 0) is 9.59 Å². The molecule has 4 atom stereocenters. The van der Waals surface area contributed by atoms with E-state index >= 15 is 0 Å². The van der Waals surface area contributed by atoms with E-state index in [-0.39, 0.29) is 23.8 Å². The van der Waals surface area contributed by atoms with Crippen LogP contribution in [0.5, 0.6) is 0 Å². The highest BCUT2D eigenvalue weighted by atomic mass is 16.4. The highest BCUT2D eigenvalue weighted by molar-refractivity contribution is 5.79. The second kappa shape index (κ2) is 5.69. The Labute approximate surface area is 107 Å². The maximum atomic E-state index is 12.1. The third-order valence-electron chi connectivity index (χ3n) is 4.12. The topological polar surface area (TPSA) is 78.4 Å². The van der Waals surface area contributed by atoms with Gasteiger partial charge in [-0.05, 0) is 45.6 Å². The highest BCUT2D eigenvalue weighted by Gasteiger charge is 2.32. The predicted molar refractivity (Wildman–Crippen MR) is 67.1 cm³/mol. The summed E-state index contributed by atoms with van der Waals surface area (Å²) in [5.74, 6) is -0.811. The molecule has 1 saturated carbocycles. The molecule has 5 heteroatoms. The van der Waals surface area contributed by atoms with Crippen molar-refractivity contribution in [2.75, 3.05) is 6.54 Å². The van der Waals surface area contributed by atoms with Gasteiger partial charge in [-0.3, -0.25) is 9.59 Å². The van der Waals surface area contributed by atoms with Gasteiger partial charge in [0.1, 0.15) is 0 Å². The number of rotatable bonds is 3. The van der Waals surface area contributed by atoms with Gasteiger partial charge in [-0.25, -0.2) is 0 Å². The molecule has 0 bridgehead atoms. The summed E-state index contributed by atoms with van der Waals surface area (Å²) in [6, 6.07) is 0.452. The van der Waals surface area contributed by atoms with Gasteiger partial charge in [0.05, 0.1) is 5.92 Å². The Kier molecular flexibility index (Phi) is 4.22. The minimum Gasteiger partial charge on any atom is -0.481 e. The van der Waals surface area contributed by atoms with Crippen LogP contribution >= 0.6 is 0 Å². The zero-order valence-electron chi connectivity index (χ0n) is 10.8. The van der Waals surface area contributed by atoms with Crippen molar-refractivity contribution in [1.29, 1.82) is 0 Å². The standard InChI is InChI=1S/C13H22N2O3/c1-8-6-9(4-5-14-8)12(16)15-11-3-2-10(7-11)13(17)18/h8-11,14H,2-7H2,1H3,(H,15,16)(H,17,18). The van der Waals surface area contributed by atoms with E-state index < -0.39 is 5.97 Å². The summed E-state index contributed by atoms with van der Waals surface area (Å²) >= 11 is 0. The first-order chi connectivity index (χ1) is 8.56. The maximum absolute atomic E-state index is 12.1. The van der Waals surface area contributed by atoms with Gasteiger partial charge >= 0.3 is 5.97 Å². The summed E-state index contributed by atoms with van der Waals surface area (Å²) in [6.45, 7) is 2.98. The molecule has 4 unspecified atom stereocenters. The second-order valence-electron chi connectivity index (χ2n) is 5.63. The molecule has 2 rings (SSSR count). The fraction of sp³-hybridized carbons (Fsp3) is 0.846. The number of nitrogens with one attached hydrogen (secondary N) is 2. The minimum absolute atomic E-state index is 0.0591. The Bertz CT molecular complexity index is 332. The number of hydrogen-bond acceptors (Lipinski definition) is 3. The molecule has 0 aromatic rings. The van der Waals surface area contributed by atoms with E-state index in [1.807, 2.05) is 0 Å². The monoisotopic (exact) mass is 254 g/mol. The van der Waals surface area contributed by atoms with E-state index in [0.29, 0.717) is 18.9 Å². The SMILES string of the molecule is CC1CC(C(=O)NC2CCC(C(=O)O)C2)CCN1. The van der Waals surface area contributed by atoms with Gasteiger partial charge in [0.2, 0.25) is 5.91 Å². The maximum Gasteiger partial charge on any atom is 0.306 e. The number of piperidine rings is 1. The van der Waals surface area contributed by atoms with Crippen LogP contribution < -0.4 is 10.6 Å². The molecule has 1 heterocycles. The molecule has 3 N–H and O–H groups in total. The quantitative estimate of drug-likeness (QED) is 0.694. The molecular formula is C13H22N2O3. The molecule has 1 saturated heterocycles. The first-order valence-corrected chi connectivity index (χ1v) is 6.83. The van der Waals surface area contributed by atoms with Crippen molar-refractivity contribution in [3.8, 4) is 0 Å². The normalized spacial score (nSPS) is 36.3. The molecule has 1 amide bonds. The summed E-state index contributed by atoms with van der Waals surface area (Å²) in [5, 5.41) is 15.3. The highest BCUT2D eigenvalue weighted by Crippen LogP contribution is 2.26. The average molecular weight is 254 g/mol. The van der Waals surface area contributed by atoms with Gasteiger partial charge in [-0.2, -0.15) is 0 Å². The number of aliphatic carboxylic acids is 1. The van der Waals surface area contributed by atoms with E-state index in [9.17, 15) is 9.59 Å². The van der Waals surface area contributed by atoms with Crippen LogP contribution in [0.15, 0.2) is 0 Å². The van der Waals surface area contributed by atoms with Crippen molar-refractivity contribution >= 4 is 11.9 Å². The number of hydrogen-bond donors (Lipinski definition) is 3. The molecule has 1 aliphatic heterocycles. The van der Waals surface area contributed by atoms with E-state index in [1.165, 1.54) is 0 Å². The molecule has 0 spiro atoms. The minimum atomic E-state index is -0.734. The summed E-state index contributed by atoms with van der Waals surface area (Å²) in [7, 11) is 0. The zero-order valence-corrected chi connectivity index (χ0v) is 10.8. The Morgan fingerprint density at radius 3 is 2.56 bits per heavy atom. The molecular weight excluding hydrogens is 232 g/mol. The third kappa shape index (κ3) is 3.22. The van der Waals surface area contributed by atoms with E-state index in [2.05, 4.69) is 17.6 Å². The largest absolute Gasteiger partial charge is 0.481 e. The van der Waals surface area contributed by atoms with Crippen LogP contribution in [0, 0.1) is 11.8 Å². The van der Waals surface area contributed by atoms with Crippen molar-refractivity contribution in [3.63, 3.8) is 0 Å². The van der Waals surface area contributed by atoms with E-state index in [4.69, 9.17) is 5.11 Å². The number of carbonyl (C=O) groups is 2. The molecule has 18 heavy (non-hydrogen) atoms. The van der Waals surface area contributed by atoms with Crippen molar-refractivity contribution in [2.45, 2.75) is 51.1 Å². The molecule has 5 nitrogen and oxygen atoms in total. The number of carboxylic acid groups (broad SMARTS) is 1. The molecule has 2 fully saturated rings. The van der Waals surface area contributed by atoms with Gasteiger partial charge in [0.15, 0.2) is 0 Å². The van der Waals surface area contributed by atoms with Crippen LogP contribution in [-0.4, -0.2) is 35.6 Å². The Morgan fingerprint density at radius 2 is 1.94 bits per heavy atom. The number of carbonyl (C=O) groups excluding carboxylic acids is 1. The first-order valence-electron chi connectivity index (χ1n) is 6.83. The molecule has 0 aromatic carbocycles. The molecule has 2 aliphatic rings. The van der Waals surface area contributed by atoms with Crippen molar-refractivity contribution in [3.05, 3.63) is 0 Å². The number of amides is 1. The van der Waals surface area contributed by atoms with Crippen LogP contribution in [0.1, 0.15) is 39.0 Å². The fourth-order valence-electron chi connectivity index (χ4n) is 3.03. The van der Waals surface area contributed by atoms with Gasteiger partial charge in [-0.15, -0.1) is 0 Å². The van der Waals surface area contributed by atoms with Crippen molar-refractivity contribution in [1.82, 2.24) is 10.6 Å². The van der Waals surface area contributed by atoms with Gasteiger partial charge < -0.3 is 15.7 Å². The van der Waals surface area contributed by atoms with Crippen LogP contribution in [0.3, 0.4) is 0 Å². The Hall–Kier alpha value is -1.10.